The van der Waals surface area contributed by atoms with Crippen molar-refractivity contribution in [3.63, 3.8) is 0 Å². The van der Waals surface area contributed by atoms with Crippen LogP contribution in [0, 0.1) is 0 Å². The Balaban J connectivity index is 2.57. The molecule has 1 heterocycles. The van der Waals surface area contributed by atoms with Crippen molar-refractivity contribution in [1.29, 1.82) is 0 Å². The molecule has 94 valence electrons. The molecule has 2 N–H and O–H groups in total. The lowest BCUT2D eigenvalue weighted by Gasteiger charge is -2.08. The van der Waals surface area contributed by atoms with Gasteiger partial charge in [0.25, 0.3) is 0 Å². The van der Waals surface area contributed by atoms with Gasteiger partial charge in [0.15, 0.2) is 11.0 Å². The number of methoxy groups -OCH3 is 1. The fourth-order valence-electron chi connectivity index (χ4n) is 1.43. The number of nitrogen functional groups attached to an aromatic ring is 1. The zero-order valence-corrected chi connectivity index (χ0v) is 12.2. The van der Waals surface area contributed by atoms with Crippen molar-refractivity contribution in [3.8, 4) is 17.1 Å². The van der Waals surface area contributed by atoms with Crippen molar-refractivity contribution >= 4 is 33.6 Å². The number of aromatic nitrogens is 3. The summed E-state index contributed by atoms with van der Waals surface area (Å²) in [6.45, 7) is 0. The van der Waals surface area contributed by atoms with Crippen molar-refractivity contribution in [2.24, 2.45) is 0 Å². The van der Waals surface area contributed by atoms with Crippen LogP contribution in [0.2, 0.25) is 0 Å². The molecule has 0 bridgehead atoms. The minimum Gasteiger partial charge on any atom is -0.496 e. The summed E-state index contributed by atoms with van der Waals surface area (Å²) in [6, 6.07) is 5.63. The van der Waals surface area contributed by atoms with Crippen LogP contribution >= 0.6 is 27.7 Å². The van der Waals surface area contributed by atoms with E-state index in [4.69, 9.17) is 10.5 Å². The van der Waals surface area contributed by atoms with Gasteiger partial charge in [0, 0.05) is 4.47 Å². The Morgan fingerprint density at radius 3 is 2.72 bits per heavy atom. The van der Waals surface area contributed by atoms with E-state index >= 15 is 0 Å². The fourth-order valence-corrected chi connectivity index (χ4v) is 2.14. The van der Waals surface area contributed by atoms with Crippen LogP contribution in [0.5, 0.6) is 5.75 Å². The van der Waals surface area contributed by atoms with E-state index in [0.717, 1.165) is 10.0 Å². The van der Waals surface area contributed by atoms with Gasteiger partial charge in [-0.2, -0.15) is 9.97 Å². The van der Waals surface area contributed by atoms with E-state index < -0.39 is 0 Å². The Morgan fingerprint density at radius 2 is 2.06 bits per heavy atom. The lowest BCUT2D eigenvalue weighted by Crippen LogP contribution is -2.02. The molecular formula is C11H11BrN4OS. The molecule has 0 aliphatic carbocycles. The minimum atomic E-state index is 0.203. The first-order valence-electron chi connectivity index (χ1n) is 5.03. The molecule has 1 aromatic heterocycles. The van der Waals surface area contributed by atoms with E-state index in [2.05, 4.69) is 30.9 Å². The summed E-state index contributed by atoms with van der Waals surface area (Å²) in [7, 11) is 1.60. The Morgan fingerprint density at radius 1 is 1.28 bits per heavy atom. The summed E-state index contributed by atoms with van der Waals surface area (Å²) in [5.74, 6) is 1.40. The maximum atomic E-state index is 5.67. The van der Waals surface area contributed by atoms with Gasteiger partial charge in [-0.25, -0.2) is 4.98 Å². The van der Waals surface area contributed by atoms with E-state index in [1.165, 1.54) is 11.8 Å². The largest absolute Gasteiger partial charge is 0.496 e. The van der Waals surface area contributed by atoms with Crippen LogP contribution in [0.1, 0.15) is 0 Å². The number of benzene rings is 1. The van der Waals surface area contributed by atoms with Gasteiger partial charge in [-0.15, -0.1) is 0 Å². The Labute approximate surface area is 117 Å². The van der Waals surface area contributed by atoms with Gasteiger partial charge in [0.05, 0.1) is 12.7 Å². The summed E-state index contributed by atoms with van der Waals surface area (Å²) in [5, 5.41) is 0.586. The first-order chi connectivity index (χ1) is 8.63. The Kier molecular flexibility index (Phi) is 4.03. The molecule has 2 aromatic rings. The van der Waals surface area contributed by atoms with E-state index in [0.29, 0.717) is 16.7 Å². The van der Waals surface area contributed by atoms with Gasteiger partial charge >= 0.3 is 0 Å². The van der Waals surface area contributed by atoms with Crippen LogP contribution < -0.4 is 10.5 Å². The molecule has 5 nitrogen and oxygen atoms in total. The minimum absolute atomic E-state index is 0.203. The lowest BCUT2D eigenvalue weighted by molar-refractivity contribution is 0.416. The maximum absolute atomic E-state index is 5.67. The van der Waals surface area contributed by atoms with Crippen molar-refractivity contribution in [2.45, 2.75) is 5.16 Å². The smallest absolute Gasteiger partial charge is 0.224 e. The molecule has 2 rings (SSSR count). The second-order valence-electron chi connectivity index (χ2n) is 3.35. The molecule has 0 fully saturated rings. The number of nitrogens with zero attached hydrogens (tertiary/aromatic N) is 3. The molecule has 0 saturated heterocycles. The summed E-state index contributed by atoms with van der Waals surface area (Å²) in [5.41, 5.74) is 6.45. The third kappa shape index (κ3) is 2.73. The molecule has 0 atom stereocenters. The van der Waals surface area contributed by atoms with E-state index in [9.17, 15) is 0 Å². The monoisotopic (exact) mass is 326 g/mol. The molecule has 0 aliphatic rings. The van der Waals surface area contributed by atoms with Crippen LogP contribution in [-0.4, -0.2) is 28.3 Å². The van der Waals surface area contributed by atoms with Gasteiger partial charge in [-0.3, -0.25) is 0 Å². The fraction of sp³-hybridized carbons (Fsp3) is 0.182. The van der Waals surface area contributed by atoms with Crippen molar-refractivity contribution in [3.05, 3.63) is 22.7 Å². The standard InChI is InChI=1S/C11H11BrN4OS/c1-17-8-5-6(12)3-4-7(8)9-14-10(13)16-11(15-9)18-2/h3-5H,1-2H3,(H2,13,14,15,16). The predicted molar refractivity (Wildman–Crippen MR) is 75.7 cm³/mol. The van der Waals surface area contributed by atoms with E-state index in [-0.39, 0.29) is 5.95 Å². The molecule has 18 heavy (non-hydrogen) atoms. The number of ether oxygens (including phenoxy) is 1. The molecule has 1 aromatic carbocycles. The van der Waals surface area contributed by atoms with Crippen LogP contribution in [0.3, 0.4) is 0 Å². The predicted octanol–water partition coefficient (Wildman–Crippen LogP) is 2.61. The van der Waals surface area contributed by atoms with Crippen LogP contribution in [0.4, 0.5) is 5.95 Å². The van der Waals surface area contributed by atoms with Crippen LogP contribution in [0.25, 0.3) is 11.4 Å². The van der Waals surface area contributed by atoms with E-state index in [1.807, 2.05) is 24.5 Å². The Hall–Kier alpha value is -1.34. The molecule has 0 spiro atoms. The molecular weight excluding hydrogens is 316 g/mol. The summed E-state index contributed by atoms with van der Waals surface area (Å²) in [4.78, 5) is 12.5. The van der Waals surface area contributed by atoms with Crippen LogP contribution in [0.15, 0.2) is 27.8 Å². The zero-order valence-electron chi connectivity index (χ0n) is 9.85. The quantitative estimate of drug-likeness (QED) is 0.874. The van der Waals surface area contributed by atoms with Gasteiger partial charge in [-0.1, -0.05) is 27.7 Å². The summed E-state index contributed by atoms with van der Waals surface area (Å²) >= 11 is 4.81. The number of thioether (sulfide) groups is 1. The third-order valence-electron chi connectivity index (χ3n) is 2.22. The normalized spacial score (nSPS) is 10.4. The number of halogens is 1. The zero-order chi connectivity index (χ0) is 13.1. The number of hydrogen-bond donors (Lipinski definition) is 1. The molecule has 0 radical (unpaired) electrons. The van der Waals surface area contributed by atoms with Gasteiger partial charge in [0.1, 0.15) is 5.75 Å². The lowest BCUT2D eigenvalue weighted by atomic mass is 10.2. The van der Waals surface area contributed by atoms with Gasteiger partial charge < -0.3 is 10.5 Å². The highest BCUT2D eigenvalue weighted by molar-refractivity contribution is 9.10. The highest BCUT2D eigenvalue weighted by Gasteiger charge is 2.11. The van der Waals surface area contributed by atoms with Crippen molar-refractivity contribution in [1.82, 2.24) is 15.0 Å². The summed E-state index contributed by atoms with van der Waals surface area (Å²) < 4.78 is 6.24. The molecule has 0 aliphatic heterocycles. The van der Waals surface area contributed by atoms with Crippen molar-refractivity contribution in [2.75, 3.05) is 19.1 Å². The highest BCUT2D eigenvalue weighted by atomic mass is 79.9. The van der Waals surface area contributed by atoms with Gasteiger partial charge in [0.2, 0.25) is 5.95 Å². The van der Waals surface area contributed by atoms with Crippen molar-refractivity contribution < 1.29 is 4.74 Å². The molecule has 0 amide bonds. The number of anilines is 1. The number of nitrogens with two attached hydrogens (primary N) is 1. The van der Waals surface area contributed by atoms with E-state index in [1.54, 1.807) is 7.11 Å². The number of hydrogen-bond acceptors (Lipinski definition) is 6. The SMILES string of the molecule is COc1cc(Br)ccc1-c1nc(N)nc(SC)n1. The summed E-state index contributed by atoms with van der Waals surface area (Å²) in [6.07, 6.45) is 1.89. The topological polar surface area (TPSA) is 73.9 Å². The van der Waals surface area contributed by atoms with Crippen LogP contribution in [-0.2, 0) is 0 Å². The second kappa shape index (κ2) is 5.53. The first-order valence-corrected chi connectivity index (χ1v) is 7.05. The van der Waals surface area contributed by atoms with Gasteiger partial charge in [-0.05, 0) is 24.5 Å². The Bertz CT molecular complexity index is 579. The average molecular weight is 327 g/mol. The first kappa shape index (κ1) is 13.1. The maximum Gasteiger partial charge on any atom is 0.224 e. The second-order valence-corrected chi connectivity index (χ2v) is 5.04. The highest BCUT2D eigenvalue weighted by Crippen LogP contribution is 2.31. The average Bonchev–Trinajstić information content (AvgIpc) is 2.37. The number of rotatable bonds is 3. The molecule has 0 unspecified atom stereocenters. The molecule has 0 saturated carbocycles. The molecule has 7 heteroatoms. The third-order valence-corrected chi connectivity index (χ3v) is 3.26.